The Bertz CT molecular complexity index is 2200. The van der Waals surface area contributed by atoms with E-state index in [0.29, 0.717) is 32.1 Å². The SMILES string of the molecule is COC(=O)NCCCCCN(CCCCCC(=O)O)S(=O)(=O)c1c2oc3c(S(=O)(=O)O)c(N)ccc3c(-c3ccccc3C(=O)O)c-2ccc1=N. The lowest BCUT2D eigenvalue weighted by Gasteiger charge is -2.25. The maximum Gasteiger partial charge on any atom is 0.406 e. The van der Waals surface area contributed by atoms with Gasteiger partial charge in [0.1, 0.15) is 0 Å². The number of sulfonamides is 1. The van der Waals surface area contributed by atoms with E-state index in [1.807, 2.05) is 0 Å². The van der Waals surface area contributed by atoms with E-state index in [-0.39, 0.29) is 60.1 Å². The third-order valence-electron chi connectivity index (χ3n) is 8.12. The minimum atomic E-state index is -5.10. The van der Waals surface area contributed by atoms with Gasteiger partial charge in [-0.05, 0) is 61.6 Å². The number of anilines is 1. The number of ether oxygens (including phenoxy) is 1. The maximum atomic E-state index is 14.6. The van der Waals surface area contributed by atoms with Gasteiger partial charge in [0.2, 0.25) is 10.0 Å². The van der Waals surface area contributed by atoms with Crippen molar-refractivity contribution in [3.8, 4) is 22.5 Å². The Morgan fingerprint density at radius 1 is 0.882 bits per heavy atom. The number of nitrogens with zero attached hydrogens (tertiary/aromatic N) is 1. The Morgan fingerprint density at radius 3 is 2.18 bits per heavy atom. The number of nitrogens with two attached hydrogens (primary N) is 1. The molecule has 1 aliphatic heterocycles. The van der Waals surface area contributed by atoms with Crippen LogP contribution in [0.1, 0.15) is 55.3 Å². The maximum absolute atomic E-state index is 14.6. The molecule has 0 spiro atoms. The Kier molecular flexibility index (Phi) is 12.4. The van der Waals surface area contributed by atoms with Gasteiger partial charge in [0, 0.05) is 42.6 Å². The predicted octanol–water partition coefficient (Wildman–Crippen LogP) is 4.37. The summed E-state index contributed by atoms with van der Waals surface area (Å²) in [7, 11) is -8.51. The molecule has 0 saturated heterocycles. The number of amides is 1. The average Bonchev–Trinajstić information content (AvgIpc) is 3.06. The van der Waals surface area contributed by atoms with Crippen molar-refractivity contribution in [2.24, 2.45) is 0 Å². The van der Waals surface area contributed by atoms with Gasteiger partial charge in [0.05, 0.1) is 23.7 Å². The smallest absolute Gasteiger partial charge is 0.406 e. The van der Waals surface area contributed by atoms with E-state index in [4.69, 9.17) is 20.7 Å². The fourth-order valence-electron chi connectivity index (χ4n) is 5.76. The molecule has 0 atom stereocenters. The molecule has 4 rings (SSSR count). The van der Waals surface area contributed by atoms with Crippen LogP contribution in [-0.4, -0.2) is 80.7 Å². The van der Waals surface area contributed by atoms with Crippen molar-refractivity contribution in [2.75, 3.05) is 32.5 Å². The number of carbonyl (C=O) groups excluding carboxylic acids is 1. The van der Waals surface area contributed by atoms with Gasteiger partial charge in [-0.25, -0.2) is 18.0 Å². The zero-order valence-electron chi connectivity index (χ0n) is 27.5. The van der Waals surface area contributed by atoms with Crippen LogP contribution in [0, 0.1) is 5.41 Å². The van der Waals surface area contributed by atoms with E-state index in [9.17, 15) is 40.9 Å². The van der Waals surface area contributed by atoms with E-state index in [2.05, 4.69) is 10.1 Å². The van der Waals surface area contributed by atoms with Crippen molar-refractivity contribution in [1.29, 1.82) is 5.41 Å². The standard InChI is InChI=1S/C33H38N4O12S2/c1-48-33(42)36-17-7-3-9-19-37(18-8-2-4-12-26(38)39)50(43,44)30-24(34)15-13-22-27(20-10-5-6-11-21(20)32(40)41)23-14-16-25(35)31(51(45,46)47)29(23)49-28(22)30/h5-6,10-11,13-16,34H,2-4,7-9,12,17-19,35H2,1H3,(H,36,42)(H,38,39)(H,40,41)(H,45,46,47). The number of carbonyl (C=O) groups is 3. The fourth-order valence-corrected chi connectivity index (χ4v) is 8.24. The summed E-state index contributed by atoms with van der Waals surface area (Å²) in [5.74, 6) is -2.80. The highest BCUT2D eigenvalue weighted by atomic mass is 32.2. The molecule has 0 fully saturated rings. The summed E-state index contributed by atoms with van der Waals surface area (Å²) in [6.45, 7) is 0.172. The molecule has 0 saturated carbocycles. The quantitative estimate of drug-likeness (QED) is 0.0380. The Labute approximate surface area is 293 Å². The van der Waals surface area contributed by atoms with Crippen molar-refractivity contribution >= 4 is 54.8 Å². The van der Waals surface area contributed by atoms with Crippen LogP contribution in [0.5, 0.6) is 0 Å². The number of unbranched alkanes of at least 4 members (excludes halogenated alkanes) is 4. The lowest BCUT2D eigenvalue weighted by molar-refractivity contribution is -0.137. The summed E-state index contributed by atoms with van der Waals surface area (Å²) in [6, 6.07) is 10.9. The van der Waals surface area contributed by atoms with Crippen molar-refractivity contribution in [2.45, 2.75) is 54.7 Å². The van der Waals surface area contributed by atoms with Crippen LogP contribution < -0.4 is 16.4 Å². The van der Waals surface area contributed by atoms with Crippen LogP contribution in [-0.2, 0) is 29.7 Å². The molecular weight excluding hydrogens is 709 g/mol. The molecular formula is C33H38N4O12S2. The third-order valence-corrected chi connectivity index (χ3v) is 11.0. The molecule has 2 aliphatic rings. The molecule has 1 aliphatic carbocycles. The number of nitrogen functional groups attached to an aromatic ring is 1. The molecule has 274 valence electrons. The number of carboxylic acids is 2. The molecule has 1 heterocycles. The highest BCUT2D eigenvalue weighted by molar-refractivity contribution is 7.89. The molecule has 2 aromatic carbocycles. The van der Waals surface area contributed by atoms with Gasteiger partial charge < -0.3 is 30.4 Å². The van der Waals surface area contributed by atoms with Crippen LogP contribution in [0.15, 0.2) is 62.7 Å². The van der Waals surface area contributed by atoms with E-state index in [1.54, 1.807) is 0 Å². The highest BCUT2D eigenvalue weighted by Crippen LogP contribution is 2.46. The molecule has 0 radical (unpaired) electrons. The van der Waals surface area contributed by atoms with Crippen molar-refractivity contribution in [1.82, 2.24) is 9.62 Å². The first-order valence-electron chi connectivity index (χ1n) is 15.8. The third kappa shape index (κ3) is 8.83. The number of aliphatic carboxylic acids is 1. The summed E-state index contributed by atoms with van der Waals surface area (Å²) in [5, 5.41) is 29.9. The minimum Gasteiger partial charge on any atom is -0.481 e. The van der Waals surface area contributed by atoms with Crippen molar-refractivity contribution < 1.29 is 55.1 Å². The molecule has 7 N–H and O–H groups in total. The molecule has 0 bridgehead atoms. The molecule has 2 aromatic rings. The number of hydrogen-bond acceptors (Lipinski definition) is 11. The molecule has 16 nitrogen and oxygen atoms in total. The molecule has 0 unspecified atom stereocenters. The van der Waals surface area contributed by atoms with Crippen molar-refractivity contribution in [3.63, 3.8) is 0 Å². The second-order valence-electron chi connectivity index (χ2n) is 11.6. The number of carboxylic acid groups (broad SMARTS) is 2. The number of fused-ring (bicyclic) bond motifs is 2. The Balaban J connectivity index is 1.93. The first-order chi connectivity index (χ1) is 24.1. The van der Waals surface area contributed by atoms with Gasteiger partial charge in [-0.2, -0.15) is 12.7 Å². The largest absolute Gasteiger partial charge is 0.481 e. The normalized spacial score (nSPS) is 12.0. The second kappa shape index (κ2) is 16.3. The molecule has 51 heavy (non-hydrogen) atoms. The van der Waals surface area contributed by atoms with Crippen molar-refractivity contribution in [3.05, 3.63) is 59.5 Å². The molecule has 18 heteroatoms. The summed E-state index contributed by atoms with van der Waals surface area (Å²) in [6.07, 6.45) is 1.55. The Hall–Kier alpha value is -5.04. The van der Waals surface area contributed by atoms with Crippen LogP contribution in [0.25, 0.3) is 33.4 Å². The summed E-state index contributed by atoms with van der Waals surface area (Å²) >= 11 is 0. The average molecular weight is 747 g/mol. The van der Waals surface area contributed by atoms with Gasteiger partial charge in [-0.15, -0.1) is 0 Å². The number of methoxy groups -OCH3 is 1. The number of alkyl carbamates (subject to hydrolysis) is 1. The lowest BCUT2D eigenvalue weighted by atomic mass is 9.90. The van der Waals surface area contributed by atoms with Crippen LogP contribution in [0.3, 0.4) is 0 Å². The second-order valence-corrected chi connectivity index (χ2v) is 14.8. The monoisotopic (exact) mass is 746 g/mol. The minimum absolute atomic E-state index is 0.00467. The van der Waals surface area contributed by atoms with Crippen LogP contribution in [0.4, 0.5) is 10.5 Å². The number of aromatic carboxylic acids is 1. The summed E-state index contributed by atoms with van der Waals surface area (Å²) in [5.41, 5.74) is 4.94. The predicted molar refractivity (Wildman–Crippen MR) is 184 cm³/mol. The number of benzene rings is 3. The fraction of sp³-hybridized carbons (Fsp3) is 0.333. The van der Waals surface area contributed by atoms with E-state index in [0.717, 1.165) is 4.31 Å². The van der Waals surface area contributed by atoms with E-state index >= 15 is 0 Å². The molecule has 0 aromatic heterocycles. The highest BCUT2D eigenvalue weighted by Gasteiger charge is 2.35. The van der Waals surface area contributed by atoms with Gasteiger partial charge in [-0.3, -0.25) is 14.8 Å². The van der Waals surface area contributed by atoms with Crippen LogP contribution >= 0.6 is 0 Å². The zero-order valence-corrected chi connectivity index (χ0v) is 29.2. The summed E-state index contributed by atoms with van der Waals surface area (Å²) < 4.78 is 76.4. The van der Waals surface area contributed by atoms with E-state index < -0.39 is 70.4 Å². The number of hydrogen-bond donors (Lipinski definition) is 6. The molecule has 1 amide bonds. The first kappa shape index (κ1) is 38.8. The topological polar surface area (TPSA) is 268 Å². The number of rotatable bonds is 17. The Morgan fingerprint density at radius 2 is 1.55 bits per heavy atom. The lowest BCUT2D eigenvalue weighted by Crippen LogP contribution is -2.36. The van der Waals surface area contributed by atoms with Gasteiger partial charge in [-0.1, -0.05) is 31.0 Å². The van der Waals surface area contributed by atoms with Gasteiger partial charge in [0.25, 0.3) is 10.1 Å². The number of nitrogens with one attached hydrogen (secondary N) is 2. The zero-order chi connectivity index (χ0) is 37.5. The van der Waals surface area contributed by atoms with Gasteiger partial charge in [0.15, 0.2) is 21.1 Å². The summed E-state index contributed by atoms with van der Waals surface area (Å²) in [4.78, 5) is 33.2. The van der Waals surface area contributed by atoms with E-state index in [1.165, 1.54) is 55.6 Å². The van der Waals surface area contributed by atoms with Gasteiger partial charge >= 0.3 is 18.0 Å². The van der Waals surface area contributed by atoms with Crippen LogP contribution in [0.2, 0.25) is 0 Å². The first-order valence-corrected chi connectivity index (χ1v) is 18.7.